The highest BCUT2D eigenvalue weighted by Crippen LogP contribution is 2.33. The Kier molecular flexibility index (Phi) is 4.40. The van der Waals surface area contributed by atoms with E-state index in [0.29, 0.717) is 5.92 Å². The molecule has 1 saturated carbocycles. The maximum absolute atomic E-state index is 6.41. The van der Waals surface area contributed by atoms with Gasteiger partial charge in [-0.3, -0.25) is 0 Å². The molecule has 0 spiro atoms. The fourth-order valence-corrected chi connectivity index (χ4v) is 3.09. The van der Waals surface area contributed by atoms with Gasteiger partial charge in [0.1, 0.15) is 5.82 Å². The van der Waals surface area contributed by atoms with E-state index in [4.69, 9.17) is 10.5 Å². The maximum atomic E-state index is 6.41. The lowest BCUT2D eigenvalue weighted by Gasteiger charge is -2.33. The zero-order valence-corrected chi connectivity index (χ0v) is 11.7. The summed E-state index contributed by atoms with van der Waals surface area (Å²) in [4.78, 5) is 4.33. The molecule has 1 heterocycles. The average Bonchev–Trinajstić information content (AvgIpc) is 2.72. The van der Waals surface area contributed by atoms with Gasteiger partial charge in [0.15, 0.2) is 0 Å². The van der Waals surface area contributed by atoms with Gasteiger partial charge in [-0.15, -0.1) is 0 Å². The minimum Gasteiger partial charge on any atom is -0.379 e. The predicted octanol–water partition coefficient (Wildman–Crippen LogP) is 2.32. The Labute approximate surface area is 110 Å². The van der Waals surface area contributed by atoms with Crippen LogP contribution in [0.1, 0.15) is 49.7 Å². The molecule has 1 aliphatic rings. The first-order valence-electron chi connectivity index (χ1n) is 6.91. The quantitative estimate of drug-likeness (QED) is 0.893. The van der Waals surface area contributed by atoms with Crippen LogP contribution in [0.25, 0.3) is 0 Å². The number of methoxy groups -OCH3 is 1. The minimum atomic E-state index is -0.0794. The number of hydrogen-bond acceptors (Lipinski definition) is 3. The molecule has 0 amide bonds. The molecule has 2 atom stereocenters. The third-order valence-corrected chi connectivity index (χ3v) is 4.34. The first-order valence-corrected chi connectivity index (χ1v) is 6.91. The molecular formula is C14H25N3O. The maximum Gasteiger partial charge on any atom is 0.105 e. The largest absolute Gasteiger partial charge is 0.379 e. The van der Waals surface area contributed by atoms with Crippen molar-refractivity contribution in [3.8, 4) is 0 Å². The Morgan fingerprint density at radius 3 is 2.56 bits per heavy atom. The molecule has 102 valence electrons. The second kappa shape index (κ2) is 5.85. The second-order valence-corrected chi connectivity index (χ2v) is 5.41. The highest BCUT2D eigenvalue weighted by Gasteiger charge is 2.31. The van der Waals surface area contributed by atoms with Crippen LogP contribution in [-0.2, 0) is 11.8 Å². The van der Waals surface area contributed by atoms with Crippen LogP contribution in [0.3, 0.4) is 0 Å². The van der Waals surface area contributed by atoms with Crippen molar-refractivity contribution in [1.82, 2.24) is 9.55 Å². The van der Waals surface area contributed by atoms with Crippen molar-refractivity contribution in [1.29, 1.82) is 0 Å². The van der Waals surface area contributed by atoms with Gasteiger partial charge >= 0.3 is 0 Å². The summed E-state index contributed by atoms with van der Waals surface area (Å²) in [7, 11) is 3.80. The highest BCUT2D eigenvalue weighted by atomic mass is 16.5. The first-order chi connectivity index (χ1) is 8.65. The Morgan fingerprint density at radius 2 is 2.06 bits per heavy atom. The van der Waals surface area contributed by atoms with Crippen molar-refractivity contribution in [3.05, 3.63) is 17.7 Å². The van der Waals surface area contributed by atoms with Crippen LogP contribution in [-0.4, -0.2) is 22.8 Å². The number of aryl methyl sites for hydroxylation is 1. The van der Waals surface area contributed by atoms with E-state index in [1.807, 2.05) is 20.2 Å². The number of ether oxygens (including phenoxy) is 1. The van der Waals surface area contributed by atoms with E-state index in [0.717, 1.165) is 11.5 Å². The van der Waals surface area contributed by atoms with Crippen LogP contribution in [0, 0.1) is 12.8 Å². The summed E-state index contributed by atoms with van der Waals surface area (Å²) in [5.74, 6) is 1.59. The van der Waals surface area contributed by atoms with E-state index in [1.165, 1.54) is 32.1 Å². The lowest BCUT2D eigenvalue weighted by atomic mass is 9.82. The molecule has 2 rings (SSSR count). The van der Waals surface area contributed by atoms with Crippen LogP contribution in [0.5, 0.6) is 0 Å². The summed E-state index contributed by atoms with van der Waals surface area (Å²) in [6, 6.07) is -0.0794. The molecule has 1 aliphatic carbocycles. The molecule has 0 aliphatic heterocycles. The number of nitrogens with zero attached hydrogens (tertiary/aromatic N) is 2. The van der Waals surface area contributed by atoms with E-state index in [1.54, 1.807) is 7.11 Å². The average molecular weight is 251 g/mol. The van der Waals surface area contributed by atoms with Crippen molar-refractivity contribution in [2.75, 3.05) is 7.11 Å². The number of hydrogen-bond donors (Lipinski definition) is 1. The van der Waals surface area contributed by atoms with Crippen molar-refractivity contribution in [3.63, 3.8) is 0 Å². The van der Waals surface area contributed by atoms with E-state index in [-0.39, 0.29) is 12.1 Å². The zero-order chi connectivity index (χ0) is 13.1. The smallest absolute Gasteiger partial charge is 0.105 e. The summed E-state index contributed by atoms with van der Waals surface area (Å²) in [5.41, 5.74) is 7.48. The summed E-state index contributed by atoms with van der Waals surface area (Å²) >= 11 is 0. The molecule has 18 heavy (non-hydrogen) atoms. The van der Waals surface area contributed by atoms with Gasteiger partial charge in [-0.25, -0.2) is 4.98 Å². The lowest BCUT2D eigenvalue weighted by molar-refractivity contribution is 0.0157. The lowest BCUT2D eigenvalue weighted by Crippen LogP contribution is -2.36. The summed E-state index contributed by atoms with van der Waals surface area (Å²) < 4.78 is 7.77. The molecule has 0 bridgehead atoms. The number of rotatable bonds is 4. The third-order valence-electron chi connectivity index (χ3n) is 4.34. The first kappa shape index (κ1) is 13.6. The molecule has 0 radical (unpaired) electrons. The van der Waals surface area contributed by atoms with Gasteiger partial charge in [0.25, 0.3) is 0 Å². The van der Waals surface area contributed by atoms with E-state index < -0.39 is 0 Å². The van der Waals surface area contributed by atoms with Crippen LogP contribution >= 0.6 is 0 Å². The van der Waals surface area contributed by atoms with Crippen molar-refractivity contribution < 1.29 is 4.74 Å². The molecule has 1 aromatic heterocycles. The van der Waals surface area contributed by atoms with Gasteiger partial charge in [0, 0.05) is 14.2 Å². The van der Waals surface area contributed by atoms with Crippen molar-refractivity contribution >= 4 is 0 Å². The van der Waals surface area contributed by atoms with Crippen molar-refractivity contribution in [2.45, 2.75) is 51.2 Å². The number of aromatic nitrogens is 2. The monoisotopic (exact) mass is 251 g/mol. The Hall–Kier alpha value is -0.870. The van der Waals surface area contributed by atoms with Gasteiger partial charge in [0.05, 0.1) is 24.0 Å². The molecular weight excluding hydrogens is 226 g/mol. The van der Waals surface area contributed by atoms with Crippen LogP contribution in [0.15, 0.2) is 6.20 Å². The molecule has 4 nitrogen and oxygen atoms in total. The summed E-state index contributed by atoms with van der Waals surface area (Å²) in [6.07, 6.45) is 8.44. The Bertz CT molecular complexity index is 382. The van der Waals surface area contributed by atoms with Gasteiger partial charge in [-0.1, -0.05) is 19.3 Å². The molecule has 2 unspecified atom stereocenters. The molecule has 0 aromatic carbocycles. The van der Waals surface area contributed by atoms with Crippen LogP contribution in [0.4, 0.5) is 0 Å². The van der Waals surface area contributed by atoms with E-state index in [9.17, 15) is 0 Å². The molecule has 1 fully saturated rings. The SMILES string of the molecule is COC(C1CCCCC1)C(N)c1cnc(C)n1C. The van der Waals surface area contributed by atoms with Gasteiger partial charge in [-0.05, 0) is 25.7 Å². The molecule has 1 aromatic rings. The Morgan fingerprint density at radius 1 is 1.39 bits per heavy atom. The van der Waals surface area contributed by atoms with Gasteiger partial charge in [-0.2, -0.15) is 0 Å². The summed E-state index contributed by atoms with van der Waals surface area (Å²) in [6.45, 7) is 2.00. The summed E-state index contributed by atoms with van der Waals surface area (Å²) in [5, 5.41) is 0. The Balaban J connectivity index is 2.13. The predicted molar refractivity (Wildman–Crippen MR) is 72.2 cm³/mol. The third kappa shape index (κ3) is 2.59. The number of nitrogens with two attached hydrogens (primary N) is 1. The highest BCUT2D eigenvalue weighted by molar-refractivity contribution is 5.11. The molecule has 2 N–H and O–H groups in total. The minimum absolute atomic E-state index is 0.0794. The second-order valence-electron chi connectivity index (χ2n) is 5.41. The topological polar surface area (TPSA) is 53.1 Å². The standard InChI is InChI=1S/C14H25N3O/c1-10-16-9-12(17(10)2)13(15)14(18-3)11-7-5-4-6-8-11/h9,11,13-14H,4-8,15H2,1-3H3. The normalized spacial score (nSPS) is 20.9. The zero-order valence-electron chi connectivity index (χ0n) is 11.7. The van der Waals surface area contributed by atoms with Crippen molar-refractivity contribution in [2.24, 2.45) is 18.7 Å². The van der Waals surface area contributed by atoms with E-state index in [2.05, 4.69) is 9.55 Å². The van der Waals surface area contributed by atoms with Crippen LogP contribution < -0.4 is 5.73 Å². The van der Waals surface area contributed by atoms with E-state index >= 15 is 0 Å². The number of imidazole rings is 1. The fraction of sp³-hybridized carbons (Fsp3) is 0.786. The fourth-order valence-electron chi connectivity index (χ4n) is 3.09. The molecule has 0 saturated heterocycles. The molecule has 4 heteroatoms. The van der Waals surface area contributed by atoms with Gasteiger partial charge < -0.3 is 15.0 Å². The van der Waals surface area contributed by atoms with Crippen LogP contribution in [0.2, 0.25) is 0 Å². The van der Waals surface area contributed by atoms with Gasteiger partial charge in [0.2, 0.25) is 0 Å².